The SMILES string of the molecule is CN=C(NCc1ccccc1CN(C)Cc1ccco1)NC1CCN(CC(F)F)CC1.I. The predicted octanol–water partition coefficient (Wildman–Crippen LogP) is 3.92. The fourth-order valence-corrected chi connectivity index (χ4v) is 3.92. The quantitative estimate of drug-likeness (QED) is 0.276. The molecule has 0 atom stereocenters. The molecule has 0 amide bonds. The maximum absolute atomic E-state index is 12.6. The molecule has 0 saturated carbocycles. The molecular formula is C23H34F2IN5O. The Morgan fingerprint density at radius 1 is 1.16 bits per heavy atom. The number of alkyl halides is 2. The fraction of sp³-hybridized carbons (Fsp3) is 0.522. The zero-order valence-corrected chi connectivity index (χ0v) is 21.1. The van der Waals surface area contributed by atoms with Gasteiger partial charge in [0, 0.05) is 39.3 Å². The molecule has 1 saturated heterocycles. The first-order valence-corrected chi connectivity index (χ1v) is 10.8. The highest BCUT2D eigenvalue weighted by atomic mass is 127. The third kappa shape index (κ3) is 8.67. The smallest absolute Gasteiger partial charge is 0.251 e. The minimum atomic E-state index is -2.27. The molecule has 2 heterocycles. The number of furan rings is 1. The normalized spacial score (nSPS) is 15.8. The van der Waals surface area contributed by atoms with Crippen molar-refractivity contribution in [3.8, 4) is 0 Å². The summed E-state index contributed by atoms with van der Waals surface area (Å²) < 4.78 is 30.6. The number of aliphatic imine (C=N–C) groups is 1. The number of hydrogen-bond acceptors (Lipinski definition) is 4. The van der Waals surface area contributed by atoms with Crippen LogP contribution >= 0.6 is 24.0 Å². The van der Waals surface area contributed by atoms with Crippen LogP contribution < -0.4 is 10.6 Å². The number of piperidine rings is 1. The van der Waals surface area contributed by atoms with Crippen LogP contribution in [-0.2, 0) is 19.6 Å². The van der Waals surface area contributed by atoms with Crippen molar-refractivity contribution in [2.75, 3.05) is 33.7 Å². The van der Waals surface area contributed by atoms with Gasteiger partial charge in [-0.15, -0.1) is 24.0 Å². The molecule has 32 heavy (non-hydrogen) atoms. The van der Waals surface area contributed by atoms with Crippen molar-refractivity contribution < 1.29 is 13.2 Å². The first kappa shape index (κ1) is 26.5. The van der Waals surface area contributed by atoms with E-state index in [-0.39, 0.29) is 36.6 Å². The lowest BCUT2D eigenvalue weighted by Gasteiger charge is -2.32. The monoisotopic (exact) mass is 561 g/mol. The average Bonchev–Trinajstić information content (AvgIpc) is 3.25. The van der Waals surface area contributed by atoms with Crippen LogP contribution in [0, 0.1) is 0 Å². The molecule has 9 heteroatoms. The summed E-state index contributed by atoms with van der Waals surface area (Å²) in [7, 11) is 3.83. The second-order valence-electron chi connectivity index (χ2n) is 8.06. The largest absolute Gasteiger partial charge is 0.468 e. The van der Waals surface area contributed by atoms with Crippen molar-refractivity contribution in [3.63, 3.8) is 0 Å². The number of guanidine groups is 1. The number of halogens is 3. The predicted molar refractivity (Wildman–Crippen MR) is 135 cm³/mol. The van der Waals surface area contributed by atoms with Crippen molar-refractivity contribution in [3.05, 3.63) is 59.5 Å². The van der Waals surface area contributed by atoms with Crippen LogP contribution in [-0.4, -0.2) is 62.0 Å². The molecule has 2 N–H and O–H groups in total. The van der Waals surface area contributed by atoms with Crippen LogP contribution in [0.2, 0.25) is 0 Å². The molecule has 1 fully saturated rings. The average molecular weight is 561 g/mol. The number of rotatable bonds is 9. The molecule has 178 valence electrons. The molecule has 0 unspecified atom stereocenters. The van der Waals surface area contributed by atoms with E-state index in [1.807, 2.05) is 23.1 Å². The van der Waals surface area contributed by atoms with E-state index in [2.05, 4.69) is 45.8 Å². The van der Waals surface area contributed by atoms with E-state index in [1.165, 1.54) is 11.1 Å². The van der Waals surface area contributed by atoms with Crippen molar-refractivity contribution in [2.45, 2.75) is 44.9 Å². The van der Waals surface area contributed by atoms with Crippen molar-refractivity contribution in [1.82, 2.24) is 20.4 Å². The van der Waals surface area contributed by atoms with E-state index < -0.39 is 6.43 Å². The third-order valence-electron chi connectivity index (χ3n) is 5.56. The molecule has 1 aromatic heterocycles. The molecule has 0 bridgehead atoms. The molecule has 0 radical (unpaired) electrons. The highest BCUT2D eigenvalue weighted by molar-refractivity contribution is 14.0. The lowest BCUT2D eigenvalue weighted by Crippen LogP contribution is -2.49. The number of nitrogens with one attached hydrogen (secondary N) is 2. The number of hydrogen-bond donors (Lipinski definition) is 2. The van der Waals surface area contributed by atoms with Gasteiger partial charge in [0.25, 0.3) is 6.43 Å². The van der Waals surface area contributed by atoms with Crippen LogP contribution in [0.5, 0.6) is 0 Å². The second kappa shape index (κ2) is 13.7. The van der Waals surface area contributed by atoms with E-state index in [4.69, 9.17) is 4.42 Å². The minimum absolute atomic E-state index is 0. The van der Waals surface area contributed by atoms with Crippen LogP contribution in [0.1, 0.15) is 29.7 Å². The highest BCUT2D eigenvalue weighted by Crippen LogP contribution is 2.14. The third-order valence-corrected chi connectivity index (χ3v) is 5.56. The number of likely N-dealkylation sites (tertiary alicyclic amines) is 1. The summed E-state index contributed by atoms with van der Waals surface area (Å²) in [5, 5.41) is 6.85. The maximum Gasteiger partial charge on any atom is 0.251 e. The first-order chi connectivity index (χ1) is 15.0. The summed E-state index contributed by atoms with van der Waals surface area (Å²) in [5.74, 6) is 1.69. The number of nitrogens with zero attached hydrogens (tertiary/aromatic N) is 3. The zero-order chi connectivity index (χ0) is 22.1. The summed E-state index contributed by atoms with van der Waals surface area (Å²) in [4.78, 5) is 8.39. The Morgan fingerprint density at radius 2 is 1.88 bits per heavy atom. The lowest BCUT2D eigenvalue weighted by atomic mass is 10.1. The zero-order valence-electron chi connectivity index (χ0n) is 18.8. The molecule has 1 aromatic carbocycles. The van der Waals surface area contributed by atoms with Crippen LogP contribution in [0.25, 0.3) is 0 Å². The van der Waals surface area contributed by atoms with E-state index in [9.17, 15) is 8.78 Å². The van der Waals surface area contributed by atoms with E-state index in [0.717, 1.165) is 37.7 Å². The van der Waals surface area contributed by atoms with Gasteiger partial charge in [-0.1, -0.05) is 24.3 Å². The first-order valence-electron chi connectivity index (χ1n) is 10.8. The Morgan fingerprint density at radius 3 is 2.50 bits per heavy atom. The molecule has 2 aromatic rings. The topological polar surface area (TPSA) is 56.0 Å². The molecule has 6 nitrogen and oxygen atoms in total. The number of benzene rings is 1. The van der Waals surface area contributed by atoms with Crippen LogP contribution in [0.4, 0.5) is 8.78 Å². The Hall–Kier alpha value is -1.72. The van der Waals surface area contributed by atoms with Crippen molar-refractivity contribution in [1.29, 1.82) is 0 Å². The molecule has 1 aliphatic heterocycles. The fourth-order valence-electron chi connectivity index (χ4n) is 3.92. The van der Waals surface area contributed by atoms with Gasteiger partial charge in [0.1, 0.15) is 5.76 Å². The van der Waals surface area contributed by atoms with E-state index >= 15 is 0 Å². The van der Waals surface area contributed by atoms with Crippen molar-refractivity contribution in [2.24, 2.45) is 4.99 Å². The molecular weight excluding hydrogens is 527 g/mol. The summed E-state index contributed by atoms with van der Waals surface area (Å²) >= 11 is 0. The van der Waals surface area contributed by atoms with E-state index in [0.29, 0.717) is 19.6 Å². The lowest BCUT2D eigenvalue weighted by molar-refractivity contribution is 0.0744. The van der Waals surface area contributed by atoms with Gasteiger partial charge < -0.3 is 15.1 Å². The molecule has 0 spiro atoms. The summed E-state index contributed by atoms with van der Waals surface area (Å²) in [5.41, 5.74) is 2.46. The van der Waals surface area contributed by atoms with Crippen LogP contribution in [0.3, 0.4) is 0 Å². The summed E-state index contributed by atoms with van der Waals surface area (Å²) in [6, 6.07) is 12.5. The van der Waals surface area contributed by atoms with Crippen LogP contribution in [0.15, 0.2) is 52.1 Å². The molecule has 0 aliphatic carbocycles. The van der Waals surface area contributed by atoms with Gasteiger partial charge in [0.05, 0.1) is 19.4 Å². The standard InChI is InChI=1S/C23H33F2N5O.HI/c1-26-23(28-20-9-11-30(12-10-20)17-22(24)25)27-14-18-6-3-4-7-19(18)15-29(2)16-21-8-5-13-31-21;/h3-8,13,20,22H,9-12,14-17H2,1-2H3,(H2,26,27,28);1H. The minimum Gasteiger partial charge on any atom is -0.468 e. The Kier molecular flexibility index (Phi) is 11.4. The Bertz CT molecular complexity index is 810. The van der Waals surface area contributed by atoms with Gasteiger partial charge in [0.2, 0.25) is 0 Å². The van der Waals surface area contributed by atoms with Gasteiger partial charge in [-0.3, -0.25) is 14.8 Å². The molecule has 1 aliphatic rings. The highest BCUT2D eigenvalue weighted by Gasteiger charge is 2.22. The van der Waals surface area contributed by atoms with Crippen molar-refractivity contribution >= 4 is 29.9 Å². The Balaban J connectivity index is 0.00000363. The van der Waals surface area contributed by atoms with Gasteiger partial charge in [-0.2, -0.15) is 0 Å². The van der Waals surface area contributed by atoms with Gasteiger partial charge in [0.15, 0.2) is 5.96 Å². The van der Waals surface area contributed by atoms with E-state index in [1.54, 1.807) is 13.3 Å². The molecule has 3 rings (SSSR count). The van der Waals surface area contributed by atoms with Gasteiger partial charge in [-0.25, -0.2) is 8.78 Å². The summed E-state index contributed by atoms with van der Waals surface area (Å²) in [6.07, 6.45) is 1.10. The summed E-state index contributed by atoms with van der Waals surface area (Å²) in [6.45, 7) is 3.46. The van der Waals surface area contributed by atoms with Gasteiger partial charge in [-0.05, 0) is 43.1 Å². The van der Waals surface area contributed by atoms with Gasteiger partial charge >= 0.3 is 0 Å². The second-order valence-corrected chi connectivity index (χ2v) is 8.06. The maximum atomic E-state index is 12.6. The Labute approximate surface area is 206 Å².